The van der Waals surface area contributed by atoms with Gasteiger partial charge in [-0.2, -0.15) is 0 Å². The average Bonchev–Trinajstić information content (AvgIpc) is 2.76. The molecule has 0 spiro atoms. The van der Waals surface area contributed by atoms with Crippen molar-refractivity contribution in [1.82, 2.24) is 9.97 Å². The van der Waals surface area contributed by atoms with Gasteiger partial charge in [0, 0.05) is 28.2 Å². The lowest BCUT2D eigenvalue weighted by atomic mass is 10.0. The van der Waals surface area contributed by atoms with E-state index in [-0.39, 0.29) is 0 Å². The van der Waals surface area contributed by atoms with Gasteiger partial charge in [-0.3, -0.25) is 0 Å². The minimum atomic E-state index is 0.833. The van der Waals surface area contributed by atoms with Crippen LogP contribution < -0.4 is 0 Å². The number of rotatable bonds is 0. The van der Waals surface area contributed by atoms with Crippen LogP contribution in [0.4, 0.5) is 0 Å². The van der Waals surface area contributed by atoms with Crippen LogP contribution in [0.2, 0.25) is 0 Å². The predicted molar refractivity (Wildman–Crippen MR) is 78.8 cm³/mol. The van der Waals surface area contributed by atoms with Crippen LogP contribution in [0.3, 0.4) is 0 Å². The monoisotopic (exact) mass is 304 g/mol. The second-order valence-electron chi connectivity index (χ2n) is 4.19. The van der Waals surface area contributed by atoms with Crippen LogP contribution in [-0.4, -0.2) is 9.97 Å². The lowest BCUT2D eigenvalue weighted by Gasteiger charge is -2.06. The summed E-state index contributed by atoms with van der Waals surface area (Å²) in [6.45, 7) is 8.08. The summed E-state index contributed by atoms with van der Waals surface area (Å²) in [6.07, 6.45) is 2.90. The zero-order valence-electron chi connectivity index (χ0n) is 11.2. The summed E-state index contributed by atoms with van der Waals surface area (Å²) in [5.41, 5.74) is 6.28. The van der Waals surface area contributed by atoms with Gasteiger partial charge in [0.25, 0.3) is 0 Å². The van der Waals surface area contributed by atoms with Crippen molar-refractivity contribution in [2.45, 2.75) is 34.1 Å². The SMILES string of the molecule is CC.Cc1ncc2c(n1)-c1c(Br)ccc(C)c1C2. The van der Waals surface area contributed by atoms with Crippen LogP contribution in [0.5, 0.6) is 0 Å². The van der Waals surface area contributed by atoms with Crippen LogP contribution in [-0.2, 0) is 6.42 Å². The Labute approximate surface area is 117 Å². The number of hydrogen-bond donors (Lipinski definition) is 0. The second kappa shape index (κ2) is 5.19. The zero-order chi connectivity index (χ0) is 13.3. The lowest BCUT2D eigenvalue weighted by molar-refractivity contribution is 1.03. The van der Waals surface area contributed by atoms with Crippen molar-refractivity contribution in [2.75, 3.05) is 0 Å². The zero-order valence-corrected chi connectivity index (χ0v) is 12.8. The summed E-state index contributed by atoms with van der Waals surface area (Å²) in [4.78, 5) is 8.82. The van der Waals surface area contributed by atoms with Crippen LogP contribution in [0.15, 0.2) is 22.8 Å². The van der Waals surface area contributed by atoms with Crippen molar-refractivity contribution in [3.8, 4) is 11.3 Å². The molecule has 0 saturated carbocycles. The van der Waals surface area contributed by atoms with Gasteiger partial charge in [-0.05, 0) is 31.0 Å². The van der Waals surface area contributed by atoms with Crippen LogP contribution >= 0.6 is 15.9 Å². The minimum Gasteiger partial charge on any atom is -0.241 e. The molecule has 3 heteroatoms. The summed E-state index contributed by atoms with van der Waals surface area (Å²) < 4.78 is 1.13. The van der Waals surface area contributed by atoms with E-state index in [0.29, 0.717) is 0 Å². The van der Waals surface area contributed by atoms with Gasteiger partial charge in [0.1, 0.15) is 5.82 Å². The van der Waals surface area contributed by atoms with E-state index >= 15 is 0 Å². The molecule has 1 aliphatic carbocycles. The van der Waals surface area contributed by atoms with Gasteiger partial charge in [0.2, 0.25) is 0 Å². The highest BCUT2D eigenvalue weighted by atomic mass is 79.9. The molecule has 0 saturated heterocycles. The minimum absolute atomic E-state index is 0.833. The molecule has 0 unspecified atom stereocenters. The number of fused-ring (bicyclic) bond motifs is 3. The number of nitrogens with zero attached hydrogens (tertiary/aromatic N) is 2. The third-order valence-electron chi connectivity index (χ3n) is 3.09. The van der Waals surface area contributed by atoms with Gasteiger partial charge in [-0.15, -0.1) is 0 Å². The maximum absolute atomic E-state index is 4.56. The molecule has 0 fully saturated rings. The Morgan fingerprint density at radius 3 is 2.61 bits per heavy atom. The molecule has 1 heterocycles. The first-order valence-corrected chi connectivity index (χ1v) is 7.07. The molecule has 0 N–H and O–H groups in total. The number of hydrogen-bond acceptors (Lipinski definition) is 2. The topological polar surface area (TPSA) is 25.8 Å². The molecular weight excluding hydrogens is 288 g/mol. The fourth-order valence-electron chi connectivity index (χ4n) is 2.24. The molecule has 3 rings (SSSR count). The summed E-state index contributed by atoms with van der Waals surface area (Å²) in [7, 11) is 0. The standard InChI is InChI=1S/C13H11BrN2.C2H6/c1-7-3-4-11(14)12-10(7)5-9-6-15-8(2)16-13(9)12;1-2/h3-4,6H,5H2,1-2H3;1-2H3. The van der Waals surface area contributed by atoms with Crippen molar-refractivity contribution < 1.29 is 0 Å². The van der Waals surface area contributed by atoms with Crippen LogP contribution in [0.25, 0.3) is 11.3 Å². The number of aryl methyl sites for hydroxylation is 2. The molecular formula is C15H17BrN2. The second-order valence-corrected chi connectivity index (χ2v) is 5.04. The van der Waals surface area contributed by atoms with Crippen molar-refractivity contribution in [3.05, 3.63) is 45.3 Å². The Kier molecular flexibility index (Phi) is 3.81. The molecule has 0 amide bonds. The average molecular weight is 305 g/mol. The Bertz CT molecular complexity index is 591. The first-order valence-electron chi connectivity index (χ1n) is 6.27. The molecule has 1 aromatic heterocycles. The quantitative estimate of drug-likeness (QED) is 0.613. The number of benzene rings is 1. The van der Waals surface area contributed by atoms with Gasteiger partial charge in [-0.1, -0.05) is 35.8 Å². The highest BCUT2D eigenvalue weighted by Crippen LogP contribution is 2.41. The van der Waals surface area contributed by atoms with Crippen molar-refractivity contribution in [2.24, 2.45) is 0 Å². The van der Waals surface area contributed by atoms with E-state index in [0.717, 1.165) is 22.4 Å². The number of halogens is 1. The molecule has 0 bridgehead atoms. The Morgan fingerprint density at radius 2 is 1.89 bits per heavy atom. The Hall–Kier alpha value is -1.22. The molecule has 2 nitrogen and oxygen atoms in total. The van der Waals surface area contributed by atoms with Gasteiger partial charge in [0.05, 0.1) is 5.69 Å². The van der Waals surface area contributed by atoms with Crippen LogP contribution in [0, 0.1) is 13.8 Å². The van der Waals surface area contributed by atoms with E-state index in [2.05, 4.69) is 45.0 Å². The summed E-state index contributed by atoms with van der Waals surface area (Å²) in [6, 6.07) is 4.25. The summed E-state index contributed by atoms with van der Waals surface area (Å²) >= 11 is 3.62. The third kappa shape index (κ3) is 2.07. The fraction of sp³-hybridized carbons (Fsp3) is 0.333. The van der Waals surface area contributed by atoms with Crippen molar-refractivity contribution in [3.63, 3.8) is 0 Å². The first kappa shape index (κ1) is 13.2. The van der Waals surface area contributed by atoms with E-state index in [9.17, 15) is 0 Å². The molecule has 1 aliphatic rings. The summed E-state index contributed by atoms with van der Waals surface area (Å²) in [5.74, 6) is 0.833. The molecule has 0 atom stereocenters. The largest absolute Gasteiger partial charge is 0.241 e. The summed E-state index contributed by atoms with van der Waals surface area (Å²) in [5, 5.41) is 0. The number of aromatic nitrogens is 2. The van der Waals surface area contributed by atoms with E-state index in [1.54, 1.807) is 0 Å². The highest BCUT2D eigenvalue weighted by Gasteiger charge is 2.24. The third-order valence-corrected chi connectivity index (χ3v) is 3.75. The Balaban J connectivity index is 0.000000574. The fourth-order valence-corrected chi connectivity index (χ4v) is 2.80. The van der Waals surface area contributed by atoms with E-state index in [1.807, 2.05) is 27.0 Å². The smallest absolute Gasteiger partial charge is 0.125 e. The molecule has 94 valence electrons. The van der Waals surface area contributed by atoms with Crippen molar-refractivity contribution >= 4 is 15.9 Å². The maximum Gasteiger partial charge on any atom is 0.125 e. The van der Waals surface area contributed by atoms with Crippen LogP contribution in [0.1, 0.15) is 36.4 Å². The van der Waals surface area contributed by atoms with Gasteiger partial charge in [0.15, 0.2) is 0 Å². The van der Waals surface area contributed by atoms with E-state index in [4.69, 9.17) is 0 Å². The molecule has 0 radical (unpaired) electrons. The van der Waals surface area contributed by atoms with E-state index in [1.165, 1.54) is 22.3 Å². The van der Waals surface area contributed by atoms with Gasteiger partial charge < -0.3 is 0 Å². The van der Waals surface area contributed by atoms with Crippen molar-refractivity contribution in [1.29, 1.82) is 0 Å². The lowest BCUT2D eigenvalue weighted by Crippen LogP contribution is -1.91. The molecule has 18 heavy (non-hydrogen) atoms. The molecule has 2 aromatic rings. The van der Waals surface area contributed by atoms with Gasteiger partial charge >= 0.3 is 0 Å². The molecule has 1 aromatic carbocycles. The highest BCUT2D eigenvalue weighted by molar-refractivity contribution is 9.10. The Morgan fingerprint density at radius 1 is 1.17 bits per heavy atom. The van der Waals surface area contributed by atoms with Gasteiger partial charge in [-0.25, -0.2) is 9.97 Å². The maximum atomic E-state index is 4.56. The molecule has 0 aliphatic heterocycles. The normalized spacial score (nSPS) is 11.4. The van der Waals surface area contributed by atoms with E-state index < -0.39 is 0 Å². The first-order chi connectivity index (χ1) is 8.66. The predicted octanol–water partition coefficient (Wildman–Crippen LogP) is 4.45.